The van der Waals surface area contributed by atoms with Gasteiger partial charge in [0, 0.05) is 38.8 Å². The maximum absolute atomic E-state index is 12.7. The summed E-state index contributed by atoms with van der Waals surface area (Å²) >= 11 is 0. The predicted molar refractivity (Wildman–Crippen MR) is 104 cm³/mol. The Hall–Kier alpha value is -1.14. The van der Waals surface area contributed by atoms with E-state index < -0.39 is 0 Å². The lowest BCUT2D eigenvalue weighted by Gasteiger charge is -2.33. The summed E-state index contributed by atoms with van der Waals surface area (Å²) in [5, 5.41) is 0. The average Bonchev–Trinajstić information content (AvgIpc) is 3.19. The molecule has 3 aliphatic rings. The van der Waals surface area contributed by atoms with E-state index in [9.17, 15) is 4.79 Å². The fourth-order valence-corrected chi connectivity index (χ4v) is 4.72. The van der Waals surface area contributed by atoms with E-state index >= 15 is 0 Å². The average molecular weight is 380 g/mol. The van der Waals surface area contributed by atoms with Crippen LogP contribution < -0.4 is 5.73 Å². The number of nitrogens with zero attached hydrogens (tertiary/aromatic N) is 2. The zero-order valence-electron chi connectivity index (χ0n) is 15.3. The van der Waals surface area contributed by atoms with Crippen LogP contribution in [0.3, 0.4) is 0 Å². The van der Waals surface area contributed by atoms with Gasteiger partial charge in [0.1, 0.15) is 0 Å². The molecule has 1 aromatic carbocycles. The van der Waals surface area contributed by atoms with Crippen molar-refractivity contribution in [1.29, 1.82) is 0 Å². The molecule has 1 amide bonds. The van der Waals surface area contributed by atoms with E-state index in [-0.39, 0.29) is 30.5 Å². The Bertz CT molecular complexity index is 600. The number of fused-ring (bicyclic) bond motifs is 1. The molecule has 1 aliphatic carbocycles. The van der Waals surface area contributed by atoms with Crippen molar-refractivity contribution in [2.45, 2.75) is 38.0 Å². The molecule has 2 saturated heterocycles. The van der Waals surface area contributed by atoms with Gasteiger partial charge in [0.15, 0.2) is 0 Å². The lowest BCUT2D eigenvalue weighted by atomic mass is 9.98. The Kier molecular flexibility index (Phi) is 6.56. The number of hydrogen-bond acceptors (Lipinski definition) is 4. The predicted octanol–water partition coefficient (Wildman–Crippen LogP) is 1.89. The highest BCUT2D eigenvalue weighted by Crippen LogP contribution is 2.37. The monoisotopic (exact) mass is 379 g/mol. The van der Waals surface area contributed by atoms with Gasteiger partial charge in [0.05, 0.1) is 19.1 Å². The first-order chi connectivity index (χ1) is 12.2. The maximum atomic E-state index is 12.7. The Morgan fingerprint density at radius 1 is 1.15 bits per heavy atom. The molecule has 2 aliphatic heterocycles. The van der Waals surface area contributed by atoms with E-state index in [4.69, 9.17) is 10.5 Å². The second kappa shape index (κ2) is 8.70. The molecule has 3 fully saturated rings. The van der Waals surface area contributed by atoms with Crippen LogP contribution in [0.5, 0.6) is 0 Å². The highest BCUT2D eigenvalue weighted by Gasteiger charge is 2.42. The van der Waals surface area contributed by atoms with Crippen LogP contribution in [0.15, 0.2) is 30.3 Å². The number of likely N-dealkylation sites (tertiary alicyclic amines) is 1. The Labute approximate surface area is 162 Å². The van der Waals surface area contributed by atoms with Gasteiger partial charge in [0.25, 0.3) is 0 Å². The third kappa shape index (κ3) is 4.39. The molecule has 4 unspecified atom stereocenters. The van der Waals surface area contributed by atoms with Crippen LogP contribution >= 0.6 is 12.4 Å². The van der Waals surface area contributed by atoms with Crippen molar-refractivity contribution in [3.8, 4) is 0 Å². The topological polar surface area (TPSA) is 58.8 Å². The van der Waals surface area contributed by atoms with Gasteiger partial charge >= 0.3 is 0 Å². The van der Waals surface area contributed by atoms with Gasteiger partial charge in [-0.15, -0.1) is 12.4 Å². The lowest BCUT2D eigenvalue weighted by molar-refractivity contribution is -0.135. The Morgan fingerprint density at radius 2 is 1.96 bits per heavy atom. The summed E-state index contributed by atoms with van der Waals surface area (Å²) in [6.07, 6.45) is 2.82. The summed E-state index contributed by atoms with van der Waals surface area (Å²) in [7, 11) is 0. The fraction of sp³-hybridized carbons (Fsp3) is 0.650. The zero-order chi connectivity index (χ0) is 17.2. The van der Waals surface area contributed by atoms with Gasteiger partial charge in [-0.3, -0.25) is 9.69 Å². The van der Waals surface area contributed by atoms with Gasteiger partial charge in [-0.25, -0.2) is 0 Å². The summed E-state index contributed by atoms with van der Waals surface area (Å²) in [6, 6.07) is 10.8. The molecule has 0 aromatic heterocycles. The molecule has 26 heavy (non-hydrogen) atoms. The molecule has 4 rings (SSSR count). The van der Waals surface area contributed by atoms with Crippen molar-refractivity contribution in [3.05, 3.63) is 35.9 Å². The largest absolute Gasteiger partial charge is 0.375 e. The molecule has 1 aromatic rings. The number of rotatable bonds is 4. The van der Waals surface area contributed by atoms with Gasteiger partial charge in [-0.2, -0.15) is 0 Å². The minimum Gasteiger partial charge on any atom is -0.375 e. The molecule has 0 spiro atoms. The van der Waals surface area contributed by atoms with E-state index in [1.54, 1.807) is 0 Å². The summed E-state index contributed by atoms with van der Waals surface area (Å²) in [5.74, 6) is 1.39. The Morgan fingerprint density at radius 3 is 2.73 bits per heavy atom. The van der Waals surface area contributed by atoms with E-state index in [2.05, 4.69) is 29.2 Å². The van der Waals surface area contributed by atoms with Crippen molar-refractivity contribution in [2.75, 3.05) is 32.8 Å². The highest BCUT2D eigenvalue weighted by molar-refractivity contribution is 5.85. The van der Waals surface area contributed by atoms with Gasteiger partial charge in [-0.1, -0.05) is 30.3 Å². The second-order valence-corrected chi connectivity index (χ2v) is 7.88. The van der Waals surface area contributed by atoms with Crippen LogP contribution in [0.2, 0.25) is 0 Å². The first-order valence-electron chi connectivity index (χ1n) is 9.60. The molecule has 1 saturated carbocycles. The van der Waals surface area contributed by atoms with Crippen LogP contribution in [-0.4, -0.2) is 60.6 Å². The SMILES string of the molecule is Cl.NC1CCC2CN(C(=O)CC3CN(Cc4ccccc4)CCO3)CC12. The molecule has 4 atom stereocenters. The lowest BCUT2D eigenvalue weighted by Crippen LogP contribution is -2.44. The molecule has 5 nitrogen and oxygen atoms in total. The molecule has 0 bridgehead atoms. The van der Waals surface area contributed by atoms with Crippen molar-refractivity contribution in [1.82, 2.24) is 9.80 Å². The van der Waals surface area contributed by atoms with Crippen LogP contribution in [-0.2, 0) is 16.1 Å². The van der Waals surface area contributed by atoms with Gasteiger partial charge in [0.2, 0.25) is 5.91 Å². The van der Waals surface area contributed by atoms with Crippen molar-refractivity contribution >= 4 is 18.3 Å². The first-order valence-corrected chi connectivity index (χ1v) is 9.60. The van der Waals surface area contributed by atoms with E-state index in [0.29, 0.717) is 24.9 Å². The number of nitrogens with two attached hydrogens (primary N) is 1. The smallest absolute Gasteiger partial charge is 0.225 e. The van der Waals surface area contributed by atoms with E-state index in [1.807, 2.05) is 11.0 Å². The molecular weight excluding hydrogens is 350 g/mol. The number of carbonyl (C=O) groups excluding carboxylic acids is 1. The van der Waals surface area contributed by atoms with Gasteiger partial charge in [-0.05, 0) is 30.2 Å². The summed E-state index contributed by atoms with van der Waals surface area (Å²) in [6.45, 7) is 5.16. The number of hydrogen-bond donors (Lipinski definition) is 1. The molecule has 6 heteroatoms. The number of morpholine rings is 1. The second-order valence-electron chi connectivity index (χ2n) is 7.88. The summed E-state index contributed by atoms with van der Waals surface area (Å²) in [5.41, 5.74) is 7.50. The van der Waals surface area contributed by atoms with E-state index in [0.717, 1.165) is 39.1 Å². The molecule has 0 radical (unpaired) electrons. The molecular formula is C20H30ClN3O2. The minimum absolute atomic E-state index is 0. The fourth-order valence-electron chi connectivity index (χ4n) is 4.72. The normalized spacial score (nSPS) is 31.5. The van der Waals surface area contributed by atoms with Crippen LogP contribution in [0.1, 0.15) is 24.8 Å². The molecule has 2 N–H and O–H groups in total. The number of ether oxygens (including phenoxy) is 1. The maximum Gasteiger partial charge on any atom is 0.225 e. The number of carbonyl (C=O) groups is 1. The summed E-state index contributed by atoms with van der Waals surface area (Å²) in [4.78, 5) is 17.1. The number of benzene rings is 1. The molecule has 144 valence electrons. The Balaban J connectivity index is 0.00000196. The van der Waals surface area contributed by atoms with Crippen LogP contribution in [0.25, 0.3) is 0 Å². The van der Waals surface area contributed by atoms with Crippen molar-refractivity contribution in [2.24, 2.45) is 17.6 Å². The minimum atomic E-state index is 0. The van der Waals surface area contributed by atoms with Crippen LogP contribution in [0, 0.1) is 11.8 Å². The number of amides is 1. The van der Waals surface area contributed by atoms with Gasteiger partial charge < -0.3 is 15.4 Å². The number of halogens is 1. The third-order valence-electron chi connectivity index (χ3n) is 6.14. The van der Waals surface area contributed by atoms with Crippen LogP contribution in [0.4, 0.5) is 0 Å². The zero-order valence-corrected chi connectivity index (χ0v) is 16.1. The quantitative estimate of drug-likeness (QED) is 0.868. The summed E-state index contributed by atoms with van der Waals surface area (Å²) < 4.78 is 5.88. The van der Waals surface area contributed by atoms with E-state index in [1.165, 1.54) is 12.0 Å². The molecule has 2 heterocycles. The standard InChI is InChI=1S/C20H29N3O2.ClH/c21-19-7-6-16-12-23(14-18(16)19)20(24)10-17-13-22(8-9-25-17)11-15-4-2-1-3-5-15;/h1-5,16-19H,6-14,21H2;1H. The van der Waals surface area contributed by atoms with Crippen molar-refractivity contribution < 1.29 is 9.53 Å². The highest BCUT2D eigenvalue weighted by atomic mass is 35.5. The third-order valence-corrected chi connectivity index (χ3v) is 6.14. The first kappa shape index (κ1) is 19.6. The van der Waals surface area contributed by atoms with Crippen molar-refractivity contribution in [3.63, 3.8) is 0 Å².